The molecule has 1 aromatic rings. The number of carbonyl (C=O) groups is 3. The minimum absolute atomic E-state index is 0.111. The molecule has 0 aliphatic rings. The van der Waals surface area contributed by atoms with Crippen molar-refractivity contribution in [3.05, 3.63) is 35.9 Å². The van der Waals surface area contributed by atoms with Gasteiger partial charge < -0.3 is 14.9 Å². The molecule has 2 amide bonds. The smallest absolute Gasteiger partial charge is 0.323 e. The molecule has 6 nitrogen and oxygen atoms in total. The third-order valence-electron chi connectivity index (χ3n) is 3.52. The van der Waals surface area contributed by atoms with E-state index in [2.05, 4.69) is 0 Å². The summed E-state index contributed by atoms with van der Waals surface area (Å²) in [6, 6.07) is 9.55. The summed E-state index contributed by atoms with van der Waals surface area (Å²) in [6.07, 6.45) is 0.117. The first-order valence-corrected chi connectivity index (χ1v) is 8.08. The van der Waals surface area contributed by atoms with Gasteiger partial charge in [-0.25, -0.2) is 0 Å². The highest BCUT2D eigenvalue weighted by molar-refractivity contribution is 5.82. The zero-order valence-corrected chi connectivity index (χ0v) is 14.6. The SMILES string of the molecule is CC(=O)N(CCC(=O)N(CC(=O)O)CC(C)C)Cc1ccccc1. The van der Waals surface area contributed by atoms with Gasteiger partial charge in [0.1, 0.15) is 6.54 Å². The number of rotatable bonds is 9. The van der Waals surface area contributed by atoms with Gasteiger partial charge in [-0.05, 0) is 11.5 Å². The molecule has 0 radical (unpaired) electrons. The Morgan fingerprint density at radius 1 is 1.08 bits per heavy atom. The molecule has 0 aromatic heterocycles. The van der Waals surface area contributed by atoms with Gasteiger partial charge in [-0.2, -0.15) is 0 Å². The van der Waals surface area contributed by atoms with E-state index in [1.807, 2.05) is 44.2 Å². The lowest BCUT2D eigenvalue weighted by Gasteiger charge is -2.25. The molecule has 0 saturated heterocycles. The number of nitrogens with zero attached hydrogens (tertiary/aromatic N) is 2. The number of hydrogen-bond donors (Lipinski definition) is 1. The lowest BCUT2D eigenvalue weighted by molar-refractivity contribution is -0.145. The van der Waals surface area contributed by atoms with Crippen molar-refractivity contribution >= 4 is 17.8 Å². The molecule has 0 unspecified atom stereocenters. The molecular weight excluding hydrogens is 308 g/mol. The van der Waals surface area contributed by atoms with Gasteiger partial charge in [-0.15, -0.1) is 0 Å². The topological polar surface area (TPSA) is 77.9 Å². The Balaban J connectivity index is 2.65. The lowest BCUT2D eigenvalue weighted by Crippen LogP contribution is -2.40. The minimum atomic E-state index is -1.03. The summed E-state index contributed by atoms with van der Waals surface area (Å²) in [4.78, 5) is 38.0. The van der Waals surface area contributed by atoms with Crippen LogP contribution in [0.5, 0.6) is 0 Å². The van der Waals surface area contributed by atoms with Gasteiger partial charge in [-0.3, -0.25) is 14.4 Å². The summed E-state index contributed by atoms with van der Waals surface area (Å²) in [6.45, 7) is 6.12. The van der Waals surface area contributed by atoms with Crippen LogP contribution in [-0.2, 0) is 20.9 Å². The summed E-state index contributed by atoms with van der Waals surface area (Å²) < 4.78 is 0. The second kappa shape index (κ2) is 9.70. The predicted molar refractivity (Wildman–Crippen MR) is 91.2 cm³/mol. The maximum atomic E-state index is 12.3. The van der Waals surface area contributed by atoms with Crippen LogP contribution in [0, 0.1) is 5.92 Å². The molecule has 0 fully saturated rings. The first-order chi connectivity index (χ1) is 11.3. The lowest BCUT2D eigenvalue weighted by atomic mass is 10.2. The fourth-order valence-corrected chi connectivity index (χ4v) is 2.40. The molecule has 0 aliphatic carbocycles. The summed E-state index contributed by atoms with van der Waals surface area (Å²) in [7, 11) is 0. The molecule has 0 atom stereocenters. The first-order valence-electron chi connectivity index (χ1n) is 8.08. The molecule has 0 spiro atoms. The van der Waals surface area contributed by atoms with Crippen LogP contribution in [-0.4, -0.2) is 52.3 Å². The van der Waals surface area contributed by atoms with E-state index in [1.165, 1.54) is 11.8 Å². The molecule has 1 N–H and O–H groups in total. The minimum Gasteiger partial charge on any atom is -0.480 e. The molecule has 1 rings (SSSR count). The van der Waals surface area contributed by atoms with E-state index in [4.69, 9.17) is 5.11 Å². The van der Waals surface area contributed by atoms with Gasteiger partial charge in [0.15, 0.2) is 0 Å². The van der Waals surface area contributed by atoms with Crippen molar-refractivity contribution in [2.45, 2.75) is 33.7 Å². The molecule has 0 bridgehead atoms. The number of benzene rings is 1. The van der Waals surface area contributed by atoms with E-state index in [9.17, 15) is 14.4 Å². The maximum Gasteiger partial charge on any atom is 0.323 e. The van der Waals surface area contributed by atoms with E-state index >= 15 is 0 Å². The fourth-order valence-electron chi connectivity index (χ4n) is 2.40. The van der Waals surface area contributed by atoms with E-state index in [0.29, 0.717) is 13.1 Å². The second-order valence-electron chi connectivity index (χ2n) is 6.24. The number of carbonyl (C=O) groups excluding carboxylic acids is 2. The monoisotopic (exact) mass is 334 g/mol. The number of carboxylic acid groups (broad SMARTS) is 1. The van der Waals surface area contributed by atoms with Gasteiger partial charge in [0.25, 0.3) is 0 Å². The highest BCUT2D eigenvalue weighted by Gasteiger charge is 2.19. The zero-order chi connectivity index (χ0) is 18.1. The summed E-state index contributed by atoms with van der Waals surface area (Å²) in [5.74, 6) is -1.20. The Hall–Kier alpha value is -2.37. The molecular formula is C18H26N2O4. The average molecular weight is 334 g/mol. The van der Waals surface area contributed by atoms with Crippen LogP contribution in [0.2, 0.25) is 0 Å². The highest BCUT2D eigenvalue weighted by atomic mass is 16.4. The van der Waals surface area contributed by atoms with Crippen molar-refractivity contribution < 1.29 is 19.5 Å². The standard InChI is InChI=1S/C18H26N2O4/c1-14(2)11-20(13-18(23)24)17(22)9-10-19(15(3)21)12-16-7-5-4-6-8-16/h4-8,14H,9-13H2,1-3H3,(H,23,24). The molecule has 0 heterocycles. The highest BCUT2D eigenvalue weighted by Crippen LogP contribution is 2.07. The van der Waals surface area contributed by atoms with E-state index < -0.39 is 5.97 Å². The van der Waals surface area contributed by atoms with Gasteiger partial charge in [0.05, 0.1) is 0 Å². The van der Waals surface area contributed by atoms with Crippen LogP contribution >= 0.6 is 0 Å². The molecule has 0 saturated carbocycles. The van der Waals surface area contributed by atoms with Crippen molar-refractivity contribution in [2.24, 2.45) is 5.92 Å². The van der Waals surface area contributed by atoms with Crippen molar-refractivity contribution in [1.29, 1.82) is 0 Å². The van der Waals surface area contributed by atoms with Crippen LogP contribution in [0.4, 0.5) is 0 Å². The van der Waals surface area contributed by atoms with Gasteiger partial charge in [0.2, 0.25) is 11.8 Å². The number of amides is 2. The van der Waals surface area contributed by atoms with E-state index in [-0.39, 0.29) is 37.2 Å². The van der Waals surface area contributed by atoms with Crippen molar-refractivity contribution in [3.8, 4) is 0 Å². The predicted octanol–water partition coefficient (Wildman–Crippen LogP) is 1.99. The van der Waals surface area contributed by atoms with Gasteiger partial charge in [0, 0.05) is 33.0 Å². The quantitative estimate of drug-likeness (QED) is 0.749. The molecule has 0 aliphatic heterocycles. The Morgan fingerprint density at radius 3 is 2.21 bits per heavy atom. The van der Waals surface area contributed by atoms with Crippen molar-refractivity contribution in [2.75, 3.05) is 19.6 Å². The fraction of sp³-hybridized carbons (Fsp3) is 0.500. The average Bonchev–Trinajstić information content (AvgIpc) is 2.50. The van der Waals surface area contributed by atoms with Crippen LogP contribution in [0.15, 0.2) is 30.3 Å². The Bertz CT molecular complexity index is 557. The largest absolute Gasteiger partial charge is 0.480 e. The second-order valence-corrected chi connectivity index (χ2v) is 6.24. The van der Waals surface area contributed by atoms with Crippen molar-refractivity contribution in [1.82, 2.24) is 9.80 Å². The number of hydrogen-bond acceptors (Lipinski definition) is 3. The molecule has 1 aromatic carbocycles. The van der Waals surface area contributed by atoms with Gasteiger partial charge in [-0.1, -0.05) is 44.2 Å². The molecule has 24 heavy (non-hydrogen) atoms. The Labute approximate surface area is 143 Å². The number of aliphatic carboxylic acids is 1. The molecule has 132 valence electrons. The zero-order valence-electron chi connectivity index (χ0n) is 14.6. The van der Waals surface area contributed by atoms with E-state index in [1.54, 1.807) is 4.90 Å². The summed E-state index contributed by atoms with van der Waals surface area (Å²) in [5.41, 5.74) is 0.990. The van der Waals surface area contributed by atoms with Crippen LogP contribution in [0.1, 0.15) is 32.8 Å². The Kier molecular flexibility index (Phi) is 7.95. The maximum absolute atomic E-state index is 12.3. The van der Waals surface area contributed by atoms with Crippen LogP contribution in [0.25, 0.3) is 0 Å². The molecule has 6 heteroatoms. The van der Waals surface area contributed by atoms with Crippen LogP contribution in [0.3, 0.4) is 0 Å². The third kappa shape index (κ3) is 7.26. The summed E-state index contributed by atoms with van der Waals surface area (Å²) >= 11 is 0. The number of carboxylic acids is 1. The third-order valence-corrected chi connectivity index (χ3v) is 3.52. The van der Waals surface area contributed by atoms with Gasteiger partial charge >= 0.3 is 5.97 Å². The van der Waals surface area contributed by atoms with Crippen molar-refractivity contribution in [3.63, 3.8) is 0 Å². The first kappa shape index (κ1) is 19.7. The Morgan fingerprint density at radius 2 is 1.71 bits per heavy atom. The summed E-state index contributed by atoms with van der Waals surface area (Å²) in [5, 5.41) is 8.95. The van der Waals surface area contributed by atoms with Crippen LogP contribution < -0.4 is 0 Å². The normalized spacial score (nSPS) is 10.5. The van der Waals surface area contributed by atoms with E-state index in [0.717, 1.165) is 5.56 Å².